The summed E-state index contributed by atoms with van der Waals surface area (Å²) in [5.74, 6) is 1.16. The van der Waals surface area contributed by atoms with Crippen molar-refractivity contribution in [1.82, 2.24) is 15.4 Å². The molecule has 2 heterocycles. The second-order valence-electron chi connectivity index (χ2n) is 5.06. The molecular formula is C17H16N4O3. The van der Waals surface area contributed by atoms with Crippen LogP contribution < -0.4 is 10.1 Å². The van der Waals surface area contributed by atoms with Crippen molar-refractivity contribution in [1.29, 1.82) is 0 Å². The number of rotatable bonds is 5. The van der Waals surface area contributed by atoms with Crippen LogP contribution in [-0.4, -0.2) is 21.3 Å². The number of carbonyl (C=O) groups excluding carboxylic acids is 1. The maximum Gasteiger partial charge on any atom is 0.261 e. The third-order valence-corrected chi connectivity index (χ3v) is 3.36. The third kappa shape index (κ3) is 3.40. The summed E-state index contributed by atoms with van der Waals surface area (Å²) in [5, 5.41) is 14.3. The molecular weight excluding hydrogens is 308 g/mol. The normalized spacial score (nSPS) is 10.4. The minimum absolute atomic E-state index is 0.262. The standard InChI is InChI=1S/C17H16N4O3/c1-3-14-16(11(2)24-21-14)17(22)19-12-6-4-7-13(10-12)23-15-8-5-9-18-20-15/h4-10H,3H2,1-2H3,(H,19,22). The molecule has 1 N–H and O–H groups in total. The van der Waals surface area contributed by atoms with Gasteiger partial charge in [-0.3, -0.25) is 4.79 Å². The Bertz CT molecular complexity index is 846. The molecule has 0 saturated heterocycles. The molecule has 2 aromatic heterocycles. The van der Waals surface area contributed by atoms with E-state index in [0.29, 0.717) is 40.8 Å². The molecule has 0 spiro atoms. The lowest BCUT2D eigenvalue weighted by Crippen LogP contribution is -2.14. The van der Waals surface area contributed by atoms with Crippen molar-refractivity contribution in [2.75, 3.05) is 5.32 Å². The van der Waals surface area contributed by atoms with Gasteiger partial charge in [-0.15, -0.1) is 5.10 Å². The van der Waals surface area contributed by atoms with Crippen molar-refractivity contribution in [3.05, 3.63) is 59.6 Å². The SMILES string of the molecule is CCc1noc(C)c1C(=O)Nc1cccc(Oc2cccnn2)c1. The van der Waals surface area contributed by atoms with Gasteiger partial charge in [-0.1, -0.05) is 18.1 Å². The molecule has 7 heteroatoms. The van der Waals surface area contributed by atoms with E-state index < -0.39 is 0 Å². The largest absolute Gasteiger partial charge is 0.437 e. The first-order valence-corrected chi connectivity index (χ1v) is 7.49. The Morgan fingerprint density at radius 1 is 1.29 bits per heavy atom. The number of hydrogen-bond donors (Lipinski definition) is 1. The number of aromatic nitrogens is 3. The van der Waals surface area contributed by atoms with E-state index in [1.54, 1.807) is 49.5 Å². The number of nitrogens with one attached hydrogen (secondary N) is 1. The molecule has 0 aliphatic carbocycles. The fourth-order valence-corrected chi connectivity index (χ4v) is 2.24. The average Bonchev–Trinajstić information content (AvgIpc) is 2.97. The number of benzene rings is 1. The topological polar surface area (TPSA) is 90.1 Å². The first kappa shape index (κ1) is 15.7. The number of aryl methyl sites for hydroxylation is 2. The lowest BCUT2D eigenvalue weighted by molar-refractivity contribution is 0.102. The maximum absolute atomic E-state index is 12.5. The summed E-state index contributed by atoms with van der Waals surface area (Å²) in [6, 6.07) is 10.5. The fourth-order valence-electron chi connectivity index (χ4n) is 2.24. The van der Waals surface area contributed by atoms with Crippen molar-refractivity contribution < 1.29 is 14.1 Å². The zero-order valence-electron chi connectivity index (χ0n) is 13.3. The highest BCUT2D eigenvalue weighted by Gasteiger charge is 2.19. The second kappa shape index (κ2) is 6.91. The van der Waals surface area contributed by atoms with E-state index in [2.05, 4.69) is 20.7 Å². The fraction of sp³-hybridized carbons (Fsp3) is 0.176. The predicted octanol–water partition coefficient (Wildman–Crippen LogP) is 3.38. The van der Waals surface area contributed by atoms with Crippen LogP contribution >= 0.6 is 0 Å². The summed E-state index contributed by atoms with van der Waals surface area (Å²) < 4.78 is 10.7. The van der Waals surface area contributed by atoms with E-state index in [4.69, 9.17) is 9.26 Å². The summed E-state index contributed by atoms with van der Waals surface area (Å²) in [6.45, 7) is 3.64. The van der Waals surface area contributed by atoms with Gasteiger partial charge in [0.15, 0.2) is 0 Å². The van der Waals surface area contributed by atoms with E-state index in [1.807, 2.05) is 6.92 Å². The molecule has 0 unspecified atom stereocenters. The van der Waals surface area contributed by atoms with Crippen LogP contribution in [0.4, 0.5) is 5.69 Å². The van der Waals surface area contributed by atoms with Crippen molar-refractivity contribution >= 4 is 11.6 Å². The smallest absolute Gasteiger partial charge is 0.261 e. The zero-order valence-corrected chi connectivity index (χ0v) is 13.3. The molecule has 0 bridgehead atoms. The van der Waals surface area contributed by atoms with E-state index >= 15 is 0 Å². The van der Waals surface area contributed by atoms with Crippen molar-refractivity contribution in [2.45, 2.75) is 20.3 Å². The Morgan fingerprint density at radius 2 is 2.17 bits per heavy atom. The highest BCUT2D eigenvalue weighted by Crippen LogP contribution is 2.23. The zero-order chi connectivity index (χ0) is 16.9. The quantitative estimate of drug-likeness (QED) is 0.773. The predicted molar refractivity (Wildman–Crippen MR) is 87.1 cm³/mol. The van der Waals surface area contributed by atoms with E-state index in [1.165, 1.54) is 0 Å². The molecule has 0 aliphatic rings. The van der Waals surface area contributed by atoms with Gasteiger partial charge in [-0.2, -0.15) is 5.10 Å². The molecule has 0 fully saturated rings. The Morgan fingerprint density at radius 3 is 2.92 bits per heavy atom. The minimum Gasteiger partial charge on any atom is -0.437 e. The molecule has 0 radical (unpaired) electrons. The van der Waals surface area contributed by atoms with Gasteiger partial charge < -0.3 is 14.6 Å². The number of carbonyl (C=O) groups is 1. The van der Waals surface area contributed by atoms with Crippen LogP contribution in [-0.2, 0) is 6.42 Å². The molecule has 1 amide bonds. The van der Waals surface area contributed by atoms with Crippen LogP contribution in [0.1, 0.15) is 28.7 Å². The molecule has 7 nitrogen and oxygen atoms in total. The summed E-state index contributed by atoms with van der Waals surface area (Å²) >= 11 is 0. The average molecular weight is 324 g/mol. The number of nitrogens with zero attached hydrogens (tertiary/aromatic N) is 3. The summed E-state index contributed by atoms with van der Waals surface area (Å²) in [5.41, 5.74) is 1.71. The van der Waals surface area contributed by atoms with Gasteiger partial charge in [0, 0.05) is 24.0 Å². The minimum atomic E-state index is -0.262. The summed E-state index contributed by atoms with van der Waals surface area (Å²) in [4.78, 5) is 12.5. The first-order chi connectivity index (χ1) is 11.7. The lowest BCUT2D eigenvalue weighted by atomic mass is 10.1. The number of amides is 1. The molecule has 122 valence electrons. The van der Waals surface area contributed by atoms with E-state index in [9.17, 15) is 4.79 Å². The Kier molecular flexibility index (Phi) is 4.51. The number of ether oxygens (including phenoxy) is 1. The molecule has 0 aliphatic heterocycles. The molecule has 3 aromatic rings. The van der Waals surface area contributed by atoms with Crippen LogP contribution in [0.25, 0.3) is 0 Å². The summed E-state index contributed by atoms with van der Waals surface area (Å²) in [7, 11) is 0. The van der Waals surface area contributed by atoms with Gasteiger partial charge in [0.2, 0.25) is 5.88 Å². The van der Waals surface area contributed by atoms with Crippen molar-refractivity contribution in [3.8, 4) is 11.6 Å². The van der Waals surface area contributed by atoms with Crippen LogP contribution in [0.2, 0.25) is 0 Å². The van der Waals surface area contributed by atoms with Crippen LogP contribution in [0.3, 0.4) is 0 Å². The Balaban J connectivity index is 1.77. The van der Waals surface area contributed by atoms with Crippen LogP contribution in [0, 0.1) is 6.92 Å². The van der Waals surface area contributed by atoms with Crippen molar-refractivity contribution in [3.63, 3.8) is 0 Å². The Labute approximate surface area is 138 Å². The van der Waals surface area contributed by atoms with Gasteiger partial charge in [0.25, 0.3) is 5.91 Å². The number of hydrogen-bond acceptors (Lipinski definition) is 6. The summed E-state index contributed by atoms with van der Waals surface area (Å²) in [6.07, 6.45) is 2.19. The Hall–Kier alpha value is -3.22. The maximum atomic E-state index is 12.5. The van der Waals surface area contributed by atoms with Gasteiger partial charge in [-0.05, 0) is 31.5 Å². The molecule has 0 atom stereocenters. The highest BCUT2D eigenvalue weighted by atomic mass is 16.5. The first-order valence-electron chi connectivity index (χ1n) is 7.49. The monoisotopic (exact) mass is 324 g/mol. The molecule has 0 saturated carbocycles. The van der Waals surface area contributed by atoms with E-state index in [-0.39, 0.29) is 5.91 Å². The van der Waals surface area contributed by atoms with Gasteiger partial charge in [0.05, 0.1) is 5.69 Å². The number of anilines is 1. The molecule has 24 heavy (non-hydrogen) atoms. The molecule has 1 aromatic carbocycles. The third-order valence-electron chi connectivity index (χ3n) is 3.36. The second-order valence-corrected chi connectivity index (χ2v) is 5.06. The molecule has 3 rings (SSSR count). The highest BCUT2D eigenvalue weighted by molar-refractivity contribution is 6.05. The van der Waals surface area contributed by atoms with Crippen molar-refractivity contribution in [2.24, 2.45) is 0 Å². The van der Waals surface area contributed by atoms with Gasteiger partial charge in [0.1, 0.15) is 17.1 Å². The van der Waals surface area contributed by atoms with Gasteiger partial charge in [-0.25, -0.2) is 0 Å². The van der Waals surface area contributed by atoms with Crippen LogP contribution in [0.15, 0.2) is 47.1 Å². The lowest BCUT2D eigenvalue weighted by Gasteiger charge is -2.08. The van der Waals surface area contributed by atoms with Gasteiger partial charge >= 0.3 is 0 Å². The van der Waals surface area contributed by atoms with E-state index in [0.717, 1.165) is 0 Å². The van der Waals surface area contributed by atoms with Crippen LogP contribution in [0.5, 0.6) is 11.6 Å².